The number of halogens is 1. The van der Waals surface area contributed by atoms with E-state index in [1.165, 1.54) is 0 Å². The minimum Gasteiger partial charge on any atom is -0.489 e. The van der Waals surface area contributed by atoms with Gasteiger partial charge in [0, 0.05) is 6.04 Å². The molecule has 0 aliphatic carbocycles. The van der Waals surface area contributed by atoms with Crippen molar-refractivity contribution in [1.29, 1.82) is 0 Å². The average molecular weight is 317 g/mol. The molecule has 0 fully saturated rings. The topological polar surface area (TPSA) is 41.5 Å². The molecule has 0 saturated carbocycles. The summed E-state index contributed by atoms with van der Waals surface area (Å²) in [7, 11) is 0. The number of aliphatic hydroxyl groups is 1. The molecule has 2 rings (SSSR count). The molecule has 0 spiro atoms. The Morgan fingerprint density at radius 3 is 2.43 bits per heavy atom. The molecule has 0 heterocycles. The molecule has 124 valence electrons. The zero-order chi connectivity index (χ0) is 16.5. The molecule has 2 N–H and O–H groups in total. The first-order chi connectivity index (χ1) is 11.2. The summed E-state index contributed by atoms with van der Waals surface area (Å²) in [5.41, 5.74) is 1.93. The van der Waals surface area contributed by atoms with Gasteiger partial charge in [-0.25, -0.2) is 0 Å². The lowest BCUT2D eigenvalue weighted by molar-refractivity contribution is 0.135. The van der Waals surface area contributed by atoms with Crippen LogP contribution in [-0.4, -0.2) is 24.4 Å². The third-order valence-corrected chi connectivity index (χ3v) is 3.72. The van der Waals surface area contributed by atoms with E-state index >= 15 is 0 Å². The van der Waals surface area contributed by atoms with E-state index in [2.05, 4.69) is 5.32 Å². The van der Waals surface area contributed by atoms with Crippen LogP contribution in [0.15, 0.2) is 54.6 Å². The number of rotatable bonds is 9. The second-order valence-electron chi connectivity index (χ2n) is 5.57. The molecule has 0 aliphatic heterocycles. The Balaban J connectivity index is 1.86. The van der Waals surface area contributed by atoms with Gasteiger partial charge in [-0.05, 0) is 43.1 Å². The highest BCUT2D eigenvalue weighted by atomic mass is 19.1. The lowest BCUT2D eigenvalue weighted by atomic mass is 10.0. The van der Waals surface area contributed by atoms with Gasteiger partial charge < -0.3 is 15.2 Å². The van der Waals surface area contributed by atoms with Gasteiger partial charge >= 0.3 is 0 Å². The first kappa shape index (κ1) is 17.4. The lowest BCUT2D eigenvalue weighted by Crippen LogP contribution is -2.33. The Morgan fingerprint density at radius 1 is 1.09 bits per heavy atom. The van der Waals surface area contributed by atoms with E-state index in [0.717, 1.165) is 16.9 Å². The number of benzene rings is 2. The van der Waals surface area contributed by atoms with Gasteiger partial charge in [0.2, 0.25) is 0 Å². The van der Waals surface area contributed by atoms with E-state index in [1.807, 2.05) is 61.5 Å². The number of aliphatic hydroxyl groups excluding tert-OH is 1. The van der Waals surface area contributed by atoms with Gasteiger partial charge in [0.1, 0.15) is 12.4 Å². The fraction of sp³-hybridized carbons (Fsp3) is 0.368. The summed E-state index contributed by atoms with van der Waals surface area (Å²) in [6.45, 7) is 2.63. The number of nitrogens with one attached hydrogen (secondary N) is 1. The number of hydrogen-bond acceptors (Lipinski definition) is 3. The molecule has 2 aromatic rings. The minimum absolute atomic E-state index is 0.127. The van der Waals surface area contributed by atoms with Crippen LogP contribution in [0.1, 0.15) is 30.6 Å². The first-order valence-electron chi connectivity index (χ1n) is 7.95. The Bertz CT molecular complexity index is 559. The fourth-order valence-electron chi connectivity index (χ4n) is 2.30. The predicted molar refractivity (Wildman–Crippen MR) is 90.2 cm³/mol. The molecule has 4 heteroatoms. The standard InChI is InChI=1S/C19H24FNO2/c1-15(21-13-5-12-20)19(22)17-8-10-18(11-9-17)23-14-16-6-3-2-4-7-16/h2-4,6-11,15,19,21-22H,5,12-14H2,1H3. The van der Waals surface area contributed by atoms with Crippen LogP contribution in [0.5, 0.6) is 5.75 Å². The molecule has 2 unspecified atom stereocenters. The molecule has 0 amide bonds. The van der Waals surface area contributed by atoms with Crippen molar-refractivity contribution in [3.8, 4) is 5.75 Å². The summed E-state index contributed by atoms with van der Waals surface area (Å²) in [6.07, 6.45) is -0.165. The highest BCUT2D eigenvalue weighted by molar-refractivity contribution is 5.29. The molecule has 0 radical (unpaired) electrons. The van der Waals surface area contributed by atoms with Gasteiger partial charge in [-0.1, -0.05) is 42.5 Å². The van der Waals surface area contributed by atoms with E-state index in [1.54, 1.807) is 0 Å². The molecule has 23 heavy (non-hydrogen) atoms. The predicted octanol–water partition coefficient (Wildman–Crippen LogP) is 3.64. The highest BCUT2D eigenvalue weighted by Crippen LogP contribution is 2.21. The first-order valence-corrected chi connectivity index (χ1v) is 7.95. The summed E-state index contributed by atoms with van der Waals surface area (Å²) in [5.74, 6) is 0.767. The minimum atomic E-state index is -0.627. The lowest BCUT2D eigenvalue weighted by Gasteiger charge is -2.20. The Hall–Kier alpha value is -1.91. The molecule has 0 bridgehead atoms. The molecule has 3 nitrogen and oxygen atoms in total. The maximum Gasteiger partial charge on any atom is 0.119 e. The van der Waals surface area contributed by atoms with Crippen molar-refractivity contribution in [3.05, 3.63) is 65.7 Å². The van der Waals surface area contributed by atoms with E-state index in [-0.39, 0.29) is 12.7 Å². The third kappa shape index (κ3) is 5.66. The quantitative estimate of drug-likeness (QED) is 0.694. The van der Waals surface area contributed by atoms with Crippen molar-refractivity contribution < 1.29 is 14.2 Å². The SMILES string of the molecule is CC(NCCCF)C(O)c1ccc(OCc2ccccc2)cc1. The van der Waals surface area contributed by atoms with Crippen molar-refractivity contribution in [2.75, 3.05) is 13.2 Å². The summed E-state index contributed by atoms with van der Waals surface area (Å²) in [5, 5.41) is 13.4. The monoisotopic (exact) mass is 317 g/mol. The number of alkyl halides is 1. The average Bonchev–Trinajstić information content (AvgIpc) is 2.61. The van der Waals surface area contributed by atoms with E-state index < -0.39 is 6.10 Å². The van der Waals surface area contributed by atoms with Crippen LogP contribution in [0.3, 0.4) is 0 Å². The van der Waals surface area contributed by atoms with Gasteiger partial charge in [0.15, 0.2) is 0 Å². The maximum atomic E-state index is 12.1. The maximum absolute atomic E-state index is 12.1. The van der Waals surface area contributed by atoms with Crippen molar-refractivity contribution in [2.24, 2.45) is 0 Å². The van der Waals surface area contributed by atoms with Crippen LogP contribution in [0.2, 0.25) is 0 Å². The summed E-state index contributed by atoms with van der Waals surface area (Å²) >= 11 is 0. The number of ether oxygens (including phenoxy) is 1. The molecule has 0 saturated heterocycles. The van der Waals surface area contributed by atoms with Gasteiger partial charge in [0.05, 0.1) is 12.8 Å². The van der Waals surface area contributed by atoms with Crippen molar-refractivity contribution in [1.82, 2.24) is 5.32 Å². The van der Waals surface area contributed by atoms with Crippen molar-refractivity contribution >= 4 is 0 Å². The molecular weight excluding hydrogens is 293 g/mol. The fourth-order valence-corrected chi connectivity index (χ4v) is 2.30. The Morgan fingerprint density at radius 2 is 1.78 bits per heavy atom. The van der Waals surface area contributed by atoms with Gasteiger partial charge in [-0.3, -0.25) is 4.39 Å². The molecular formula is C19H24FNO2. The van der Waals surface area contributed by atoms with Gasteiger partial charge in [-0.2, -0.15) is 0 Å². The van der Waals surface area contributed by atoms with Gasteiger partial charge in [0.25, 0.3) is 0 Å². The second kappa shape index (κ2) is 9.28. The smallest absolute Gasteiger partial charge is 0.119 e. The van der Waals surface area contributed by atoms with Crippen LogP contribution in [0.25, 0.3) is 0 Å². The van der Waals surface area contributed by atoms with Gasteiger partial charge in [-0.15, -0.1) is 0 Å². The van der Waals surface area contributed by atoms with Crippen LogP contribution in [-0.2, 0) is 6.61 Å². The van der Waals surface area contributed by atoms with Crippen molar-refractivity contribution in [3.63, 3.8) is 0 Å². The zero-order valence-electron chi connectivity index (χ0n) is 13.4. The zero-order valence-corrected chi connectivity index (χ0v) is 13.4. The van der Waals surface area contributed by atoms with Crippen molar-refractivity contribution in [2.45, 2.75) is 32.1 Å². The Labute approximate surface area is 137 Å². The second-order valence-corrected chi connectivity index (χ2v) is 5.57. The molecule has 2 atom stereocenters. The summed E-state index contributed by atoms with van der Waals surface area (Å²) in [6, 6.07) is 17.3. The third-order valence-electron chi connectivity index (χ3n) is 3.72. The summed E-state index contributed by atoms with van der Waals surface area (Å²) in [4.78, 5) is 0. The van der Waals surface area contributed by atoms with E-state index in [4.69, 9.17) is 4.74 Å². The van der Waals surface area contributed by atoms with E-state index in [9.17, 15) is 9.50 Å². The summed E-state index contributed by atoms with van der Waals surface area (Å²) < 4.78 is 17.8. The number of hydrogen-bond donors (Lipinski definition) is 2. The normalized spacial score (nSPS) is 13.5. The Kier molecular flexibility index (Phi) is 7.04. The molecule has 2 aromatic carbocycles. The molecule has 0 aliphatic rings. The van der Waals surface area contributed by atoms with Crippen LogP contribution < -0.4 is 10.1 Å². The highest BCUT2D eigenvalue weighted by Gasteiger charge is 2.15. The van der Waals surface area contributed by atoms with Crippen LogP contribution in [0.4, 0.5) is 4.39 Å². The molecule has 0 aromatic heterocycles. The van der Waals surface area contributed by atoms with Crippen LogP contribution >= 0.6 is 0 Å². The largest absolute Gasteiger partial charge is 0.489 e. The van der Waals surface area contributed by atoms with E-state index in [0.29, 0.717) is 19.6 Å². The van der Waals surface area contributed by atoms with Crippen LogP contribution in [0, 0.1) is 0 Å².